The molecule has 0 bridgehead atoms. The maximum atomic E-state index is 13.0. The van der Waals surface area contributed by atoms with E-state index in [-0.39, 0.29) is 5.56 Å². The Hall–Kier alpha value is -0.960. The molecule has 84 valence electrons. The molecule has 1 aromatic rings. The smallest absolute Gasteiger partial charge is 0.161 e. The van der Waals surface area contributed by atoms with E-state index in [2.05, 4.69) is 0 Å². The van der Waals surface area contributed by atoms with Crippen LogP contribution in [0.1, 0.15) is 30.9 Å². The van der Waals surface area contributed by atoms with Crippen molar-refractivity contribution in [1.29, 1.82) is 0 Å². The Balaban J connectivity index is 2.78. The number of aryl methyl sites for hydroxylation is 1. The van der Waals surface area contributed by atoms with Crippen LogP contribution in [0.25, 0.3) is 0 Å². The highest BCUT2D eigenvalue weighted by atomic mass is 19.2. The van der Waals surface area contributed by atoms with Gasteiger partial charge < -0.3 is 5.11 Å². The van der Waals surface area contributed by atoms with E-state index < -0.39 is 17.7 Å². The fraction of sp³-hybridized carbons (Fsp3) is 0.500. The van der Waals surface area contributed by atoms with Gasteiger partial charge in [0.05, 0.1) is 6.10 Å². The topological polar surface area (TPSA) is 20.2 Å². The van der Waals surface area contributed by atoms with Crippen molar-refractivity contribution in [3.63, 3.8) is 0 Å². The van der Waals surface area contributed by atoms with Crippen LogP contribution in [0, 0.1) is 18.6 Å². The van der Waals surface area contributed by atoms with E-state index in [9.17, 15) is 13.9 Å². The highest BCUT2D eigenvalue weighted by molar-refractivity contribution is 5.25. The van der Waals surface area contributed by atoms with Crippen molar-refractivity contribution in [1.82, 2.24) is 0 Å². The van der Waals surface area contributed by atoms with Crippen molar-refractivity contribution in [3.05, 3.63) is 34.9 Å². The largest absolute Gasteiger partial charge is 0.393 e. The molecule has 1 unspecified atom stereocenters. The van der Waals surface area contributed by atoms with Crippen molar-refractivity contribution in [2.24, 2.45) is 0 Å². The molecule has 1 atom stereocenters. The molecular weight excluding hydrogens is 198 g/mol. The number of aliphatic hydroxyl groups excluding tert-OH is 1. The minimum atomic E-state index is -0.839. The fourth-order valence-electron chi connectivity index (χ4n) is 1.62. The molecule has 0 aromatic heterocycles. The molecule has 15 heavy (non-hydrogen) atoms. The monoisotopic (exact) mass is 214 g/mol. The van der Waals surface area contributed by atoms with E-state index in [1.165, 1.54) is 6.92 Å². The van der Waals surface area contributed by atoms with Gasteiger partial charge in [-0.2, -0.15) is 0 Å². The van der Waals surface area contributed by atoms with Crippen LogP contribution in [0.15, 0.2) is 12.1 Å². The van der Waals surface area contributed by atoms with Gasteiger partial charge in [-0.1, -0.05) is 19.4 Å². The summed E-state index contributed by atoms with van der Waals surface area (Å²) >= 11 is 0. The molecule has 3 heteroatoms. The minimum Gasteiger partial charge on any atom is -0.393 e. The summed E-state index contributed by atoms with van der Waals surface area (Å²) in [6, 6.07) is 2.73. The molecule has 0 radical (unpaired) electrons. The number of rotatable bonds is 4. The van der Waals surface area contributed by atoms with Crippen molar-refractivity contribution in [2.45, 2.75) is 39.2 Å². The number of halogens is 2. The van der Waals surface area contributed by atoms with Crippen LogP contribution in [0.4, 0.5) is 8.78 Å². The Kier molecular flexibility index (Phi) is 4.21. The molecular formula is C12H16F2O. The summed E-state index contributed by atoms with van der Waals surface area (Å²) in [5.74, 6) is -1.64. The van der Waals surface area contributed by atoms with Gasteiger partial charge in [0.1, 0.15) is 0 Å². The number of aliphatic hydroxyl groups is 1. The van der Waals surface area contributed by atoms with Crippen LogP contribution in [-0.4, -0.2) is 11.2 Å². The predicted molar refractivity (Wildman–Crippen MR) is 55.7 cm³/mol. The average Bonchev–Trinajstić information content (AvgIpc) is 2.14. The van der Waals surface area contributed by atoms with E-state index in [1.807, 2.05) is 6.92 Å². The molecule has 1 N–H and O–H groups in total. The lowest BCUT2D eigenvalue weighted by Gasteiger charge is -2.10. The SMILES string of the molecule is CCCC(O)Cc1cc(C)c(F)c(F)c1. The van der Waals surface area contributed by atoms with Gasteiger partial charge in [-0.15, -0.1) is 0 Å². The highest BCUT2D eigenvalue weighted by Gasteiger charge is 2.10. The molecule has 1 nitrogen and oxygen atoms in total. The third kappa shape index (κ3) is 3.27. The molecule has 1 rings (SSSR count). The second-order valence-corrected chi connectivity index (χ2v) is 3.86. The Morgan fingerprint density at radius 3 is 2.53 bits per heavy atom. The molecule has 0 amide bonds. The van der Waals surface area contributed by atoms with Crippen LogP contribution in [0.2, 0.25) is 0 Å². The molecule has 1 aromatic carbocycles. The lowest BCUT2D eigenvalue weighted by atomic mass is 10.0. The first-order chi connectivity index (χ1) is 7.04. The average molecular weight is 214 g/mol. The van der Waals surface area contributed by atoms with Crippen molar-refractivity contribution in [3.8, 4) is 0 Å². The zero-order valence-corrected chi connectivity index (χ0v) is 9.06. The molecule has 0 saturated carbocycles. The third-order valence-corrected chi connectivity index (χ3v) is 2.36. The second-order valence-electron chi connectivity index (χ2n) is 3.86. The van der Waals surface area contributed by atoms with E-state index in [4.69, 9.17) is 0 Å². The van der Waals surface area contributed by atoms with E-state index in [0.717, 1.165) is 12.5 Å². The molecule has 0 heterocycles. The molecule has 0 saturated heterocycles. The minimum absolute atomic E-state index is 0.286. The normalized spacial score (nSPS) is 12.9. The van der Waals surface area contributed by atoms with Gasteiger partial charge in [0.25, 0.3) is 0 Å². The van der Waals surface area contributed by atoms with Crippen LogP contribution in [0.5, 0.6) is 0 Å². The van der Waals surface area contributed by atoms with Gasteiger partial charge in [0.2, 0.25) is 0 Å². The van der Waals surface area contributed by atoms with Gasteiger partial charge in [-0.3, -0.25) is 0 Å². The van der Waals surface area contributed by atoms with Crippen LogP contribution in [-0.2, 0) is 6.42 Å². The zero-order valence-electron chi connectivity index (χ0n) is 9.06. The maximum absolute atomic E-state index is 13.0. The third-order valence-electron chi connectivity index (χ3n) is 2.36. The molecule has 0 aliphatic heterocycles. The predicted octanol–water partition coefficient (Wildman–Crippen LogP) is 2.98. The Morgan fingerprint density at radius 2 is 2.00 bits per heavy atom. The summed E-state index contributed by atoms with van der Waals surface area (Å²) in [6.07, 6.45) is 1.47. The standard InChI is InChI=1S/C12H16F2O/c1-3-4-10(15)6-9-5-8(2)12(14)11(13)7-9/h5,7,10,15H,3-4,6H2,1-2H3. The van der Waals surface area contributed by atoms with Crippen LogP contribution >= 0.6 is 0 Å². The van der Waals surface area contributed by atoms with Gasteiger partial charge in [-0.25, -0.2) is 8.78 Å². The summed E-state index contributed by atoms with van der Waals surface area (Å²) in [6.45, 7) is 3.49. The first kappa shape index (κ1) is 12.1. The fourth-order valence-corrected chi connectivity index (χ4v) is 1.62. The summed E-state index contributed by atoms with van der Waals surface area (Å²) in [5, 5.41) is 9.54. The molecule has 0 fully saturated rings. The summed E-state index contributed by atoms with van der Waals surface area (Å²) in [5.41, 5.74) is 0.932. The lowest BCUT2D eigenvalue weighted by Crippen LogP contribution is -2.10. The first-order valence-electron chi connectivity index (χ1n) is 5.17. The number of benzene rings is 1. The lowest BCUT2D eigenvalue weighted by molar-refractivity contribution is 0.163. The van der Waals surface area contributed by atoms with E-state index in [0.29, 0.717) is 18.4 Å². The van der Waals surface area contributed by atoms with Crippen LogP contribution in [0.3, 0.4) is 0 Å². The molecule has 0 aliphatic rings. The second kappa shape index (κ2) is 5.21. The van der Waals surface area contributed by atoms with Crippen molar-refractivity contribution in [2.75, 3.05) is 0 Å². The zero-order chi connectivity index (χ0) is 11.4. The van der Waals surface area contributed by atoms with E-state index in [1.54, 1.807) is 6.07 Å². The summed E-state index contributed by atoms with van der Waals surface area (Å²) in [4.78, 5) is 0. The first-order valence-corrected chi connectivity index (χ1v) is 5.17. The quantitative estimate of drug-likeness (QED) is 0.817. The van der Waals surface area contributed by atoms with Crippen molar-refractivity contribution < 1.29 is 13.9 Å². The highest BCUT2D eigenvalue weighted by Crippen LogP contribution is 2.16. The summed E-state index contributed by atoms with van der Waals surface area (Å²) in [7, 11) is 0. The van der Waals surface area contributed by atoms with E-state index >= 15 is 0 Å². The molecule has 0 aliphatic carbocycles. The van der Waals surface area contributed by atoms with Gasteiger partial charge in [0, 0.05) is 0 Å². The van der Waals surface area contributed by atoms with Crippen molar-refractivity contribution >= 4 is 0 Å². The maximum Gasteiger partial charge on any atom is 0.161 e. The van der Waals surface area contributed by atoms with Crippen LogP contribution < -0.4 is 0 Å². The van der Waals surface area contributed by atoms with Gasteiger partial charge >= 0.3 is 0 Å². The van der Waals surface area contributed by atoms with Gasteiger partial charge in [0.15, 0.2) is 11.6 Å². The number of hydrogen-bond donors (Lipinski definition) is 1. The summed E-state index contributed by atoms with van der Waals surface area (Å²) < 4.78 is 26.0. The number of hydrogen-bond acceptors (Lipinski definition) is 1. The Morgan fingerprint density at radius 1 is 1.33 bits per heavy atom. The van der Waals surface area contributed by atoms with Gasteiger partial charge in [-0.05, 0) is 37.0 Å². The molecule has 0 spiro atoms. The Bertz CT molecular complexity index is 313. The Labute approximate surface area is 88.7 Å².